The van der Waals surface area contributed by atoms with E-state index in [1.807, 2.05) is 0 Å². The van der Waals surface area contributed by atoms with E-state index in [1.54, 1.807) is 12.1 Å². The van der Waals surface area contributed by atoms with Crippen molar-refractivity contribution >= 4 is 23.0 Å². The number of ether oxygens (including phenoxy) is 5. The Morgan fingerprint density at radius 1 is 0.788 bits per heavy atom. The van der Waals surface area contributed by atoms with E-state index < -0.39 is 91.7 Å². The van der Waals surface area contributed by atoms with Gasteiger partial charge in [-0.15, -0.1) is 0 Å². The van der Waals surface area contributed by atoms with Gasteiger partial charge in [-0.3, -0.25) is 0 Å². The molecule has 0 aliphatic carbocycles. The van der Waals surface area contributed by atoms with E-state index in [4.69, 9.17) is 28.1 Å². The van der Waals surface area contributed by atoms with E-state index >= 15 is 0 Å². The van der Waals surface area contributed by atoms with Crippen LogP contribution in [-0.4, -0.2) is 126 Å². The molecule has 276 valence electrons. The second kappa shape index (κ2) is 15.2. The number of esters is 1. The average molecular weight is 728 g/mol. The fraction of sp³-hybridized carbons (Fsp3) is 0.314. The first-order valence-electron chi connectivity index (χ1n) is 15.8. The topological polar surface area (TPSA) is 277 Å². The average Bonchev–Trinajstić information content (AvgIpc) is 3.11. The summed E-state index contributed by atoms with van der Waals surface area (Å²) in [5, 5.41) is 103. The standard InChI is InChI=1S/C35H34O17/c36-17-5-1-15(2-6-17)3-8-27(42)47-14-26-29(44)30(45)33(52-34-31(46)28(43)23(41)13-48-34)35(51-26)50-25-12-19-21(39)10-18(37)11-24(19)49-32(25)16-4-7-20(38)22(40)9-16/h1-12,23,26,28-31,33-35,41,43-46H,13-14H2,(H4-,36,37,38,39,40,42)/p+1/t23-,26-,28+,29-,30+,31-,33-,34+,35-/m1/s1. The summed E-state index contributed by atoms with van der Waals surface area (Å²) in [6.45, 7) is -1.10. The van der Waals surface area contributed by atoms with Crippen molar-refractivity contribution in [3.8, 4) is 45.8 Å². The summed E-state index contributed by atoms with van der Waals surface area (Å²) < 4.78 is 34.5. The molecule has 2 fully saturated rings. The quantitative estimate of drug-likeness (QED) is 0.0494. The van der Waals surface area contributed by atoms with Crippen LogP contribution < -0.4 is 4.74 Å². The predicted octanol–water partition coefficient (Wildman–Crippen LogP) is 0.815. The molecule has 17 heteroatoms. The van der Waals surface area contributed by atoms with E-state index in [1.165, 1.54) is 36.4 Å². The third-order valence-electron chi connectivity index (χ3n) is 8.38. The van der Waals surface area contributed by atoms with Gasteiger partial charge in [-0.1, -0.05) is 12.1 Å². The van der Waals surface area contributed by atoms with Crippen LogP contribution in [-0.2, 0) is 23.7 Å². The van der Waals surface area contributed by atoms with Gasteiger partial charge >= 0.3 is 17.3 Å². The molecule has 0 unspecified atom stereocenters. The maximum Gasteiger partial charge on any atom is 0.402 e. The number of aliphatic hydroxyl groups excluding tert-OH is 5. The first kappa shape index (κ1) is 36.5. The number of rotatable bonds is 9. The minimum Gasteiger partial charge on any atom is -0.508 e. The van der Waals surface area contributed by atoms with Crippen molar-refractivity contribution in [3.05, 3.63) is 72.3 Å². The van der Waals surface area contributed by atoms with Gasteiger partial charge < -0.3 is 74.7 Å². The van der Waals surface area contributed by atoms with Gasteiger partial charge in [0, 0.05) is 24.3 Å². The molecule has 0 saturated carbocycles. The number of aromatic hydroxyl groups is 5. The molecular formula is C35H35O17+. The highest BCUT2D eigenvalue weighted by molar-refractivity contribution is 5.89. The zero-order chi connectivity index (χ0) is 37.3. The van der Waals surface area contributed by atoms with Crippen molar-refractivity contribution in [1.29, 1.82) is 0 Å². The summed E-state index contributed by atoms with van der Waals surface area (Å²) in [7, 11) is 0. The molecule has 9 atom stereocenters. The van der Waals surface area contributed by atoms with Crippen LogP contribution in [0.2, 0.25) is 0 Å². The summed E-state index contributed by atoms with van der Waals surface area (Å²) in [4.78, 5) is 12.5. The second-order valence-corrected chi connectivity index (χ2v) is 12.1. The van der Waals surface area contributed by atoms with Gasteiger partial charge in [0.1, 0.15) is 65.9 Å². The highest BCUT2D eigenvalue weighted by atomic mass is 16.8. The predicted molar refractivity (Wildman–Crippen MR) is 175 cm³/mol. The number of phenolic OH excluding ortho intramolecular Hbond substituents is 5. The minimum atomic E-state index is -1.90. The lowest BCUT2D eigenvalue weighted by atomic mass is 9.98. The number of fused-ring (bicyclic) bond motifs is 1. The lowest BCUT2D eigenvalue weighted by Crippen LogP contribution is -2.64. The Balaban J connectivity index is 1.33. The molecule has 52 heavy (non-hydrogen) atoms. The number of hydrogen-bond acceptors (Lipinski definition) is 16. The van der Waals surface area contributed by atoms with E-state index in [0.717, 1.165) is 24.3 Å². The van der Waals surface area contributed by atoms with Gasteiger partial charge in [-0.2, -0.15) is 0 Å². The van der Waals surface area contributed by atoms with Crippen LogP contribution in [0.3, 0.4) is 0 Å². The van der Waals surface area contributed by atoms with Crippen LogP contribution in [0.1, 0.15) is 5.56 Å². The molecule has 0 spiro atoms. The maximum atomic E-state index is 12.5. The lowest BCUT2D eigenvalue weighted by Gasteiger charge is -2.44. The molecule has 3 heterocycles. The molecule has 6 rings (SSSR count). The zero-order valence-corrected chi connectivity index (χ0v) is 26.9. The summed E-state index contributed by atoms with van der Waals surface area (Å²) in [6.07, 6.45) is -12.9. The van der Waals surface area contributed by atoms with Crippen molar-refractivity contribution < 1.29 is 84.0 Å². The minimum absolute atomic E-state index is 0.0162. The van der Waals surface area contributed by atoms with E-state index in [0.29, 0.717) is 5.56 Å². The highest BCUT2D eigenvalue weighted by Gasteiger charge is 2.51. The third kappa shape index (κ3) is 7.81. The first-order valence-corrected chi connectivity index (χ1v) is 15.8. The molecule has 17 nitrogen and oxygen atoms in total. The van der Waals surface area contributed by atoms with Gasteiger partial charge in [-0.05, 0) is 35.9 Å². The van der Waals surface area contributed by atoms with Gasteiger partial charge in [0.15, 0.2) is 23.9 Å². The van der Waals surface area contributed by atoms with Gasteiger partial charge in [-0.25, -0.2) is 9.21 Å². The normalized spacial score (nSPS) is 27.8. The van der Waals surface area contributed by atoms with Gasteiger partial charge in [0.25, 0.3) is 0 Å². The summed E-state index contributed by atoms with van der Waals surface area (Å²) in [6, 6.07) is 13.0. The Bertz CT molecular complexity index is 1930. The van der Waals surface area contributed by atoms with Crippen LogP contribution in [0.4, 0.5) is 0 Å². The molecule has 4 aromatic rings. The van der Waals surface area contributed by atoms with E-state index in [2.05, 4.69) is 0 Å². The SMILES string of the molecule is O=C(/C=C/c1ccc(O)cc1)OC[C@H]1O[C@@H](Oc2cc3c(O)cc(O)cc3[o+]c2-c2ccc(O)c(O)c2)[C@H](O[C@@H]2OC[C@@H](O)[C@H](O)[C@H]2O)[C@@H](O)[C@@H]1O. The Kier molecular flexibility index (Phi) is 10.7. The van der Waals surface area contributed by atoms with Crippen LogP contribution >= 0.6 is 0 Å². The fourth-order valence-corrected chi connectivity index (χ4v) is 5.56. The Morgan fingerprint density at radius 2 is 1.54 bits per heavy atom. The van der Waals surface area contributed by atoms with Crippen LogP contribution in [0.25, 0.3) is 28.4 Å². The monoisotopic (exact) mass is 727 g/mol. The molecule has 2 aliphatic rings. The van der Waals surface area contributed by atoms with Crippen LogP contribution in [0, 0.1) is 0 Å². The van der Waals surface area contributed by atoms with Crippen molar-refractivity contribution in [2.45, 2.75) is 55.3 Å². The molecule has 2 aliphatic heterocycles. The molecule has 0 bridgehead atoms. The number of phenols is 5. The maximum absolute atomic E-state index is 12.5. The van der Waals surface area contributed by atoms with E-state index in [-0.39, 0.29) is 39.5 Å². The smallest absolute Gasteiger partial charge is 0.402 e. The molecular weight excluding hydrogens is 692 g/mol. The molecule has 0 amide bonds. The largest absolute Gasteiger partial charge is 0.508 e. The van der Waals surface area contributed by atoms with Crippen molar-refractivity contribution in [2.75, 3.05) is 13.2 Å². The molecule has 0 radical (unpaired) electrons. The molecule has 2 saturated heterocycles. The number of hydrogen-bond donors (Lipinski definition) is 10. The Labute approximate surface area is 293 Å². The zero-order valence-electron chi connectivity index (χ0n) is 26.9. The number of aliphatic hydroxyl groups is 5. The number of benzene rings is 3. The van der Waals surface area contributed by atoms with Gasteiger partial charge in [0.2, 0.25) is 12.0 Å². The number of carbonyl (C=O) groups is 1. The second-order valence-electron chi connectivity index (χ2n) is 12.1. The Morgan fingerprint density at radius 3 is 2.27 bits per heavy atom. The highest BCUT2D eigenvalue weighted by Crippen LogP contribution is 2.42. The molecule has 1 aromatic heterocycles. The van der Waals surface area contributed by atoms with Crippen molar-refractivity contribution in [1.82, 2.24) is 0 Å². The molecule has 3 aromatic carbocycles. The fourth-order valence-electron chi connectivity index (χ4n) is 5.56. The summed E-state index contributed by atoms with van der Waals surface area (Å²) in [5.74, 6) is -3.03. The lowest BCUT2D eigenvalue weighted by molar-refractivity contribution is -0.345. The van der Waals surface area contributed by atoms with Crippen LogP contribution in [0.5, 0.6) is 34.5 Å². The summed E-state index contributed by atoms with van der Waals surface area (Å²) >= 11 is 0. The van der Waals surface area contributed by atoms with Gasteiger partial charge in [0.05, 0.1) is 18.2 Å². The van der Waals surface area contributed by atoms with Crippen molar-refractivity contribution in [2.24, 2.45) is 0 Å². The number of carbonyl (C=O) groups excluding carboxylic acids is 1. The first-order chi connectivity index (χ1) is 24.8. The van der Waals surface area contributed by atoms with Crippen molar-refractivity contribution in [3.63, 3.8) is 0 Å². The molecule has 10 N–H and O–H groups in total. The summed E-state index contributed by atoms with van der Waals surface area (Å²) in [5.41, 5.74) is 0.631. The van der Waals surface area contributed by atoms with E-state index in [9.17, 15) is 55.9 Å². The van der Waals surface area contributed by atoms with Crippen LogP contribution in [0.15, 0.2) is 71.2 Å². The third-order valence-corrected chi connectivity index (χ3v) is 8.38. The Hall–Kier alpha value is -5.24.